The Morgan fingerprint density at radius 3 is 2.65 bits per heavy atom. The fourth-order valence-corrected chi connectivity index (χ4v) is 2.40. The van der Waals surface area contributed by atoms with E-state index in [1.807, 2.05) is 4.90 Å². The van der Waals surface area contributed by atoms with Gasteiger partial charge < -0.3 is 5.73 Å². The summed E-state index contributed by atoms with van der Waals surface area (Å²) < 4.78 is 28.1. The molecule has 0 aromatic heterocycles. The summed E-state index contributed by atoms with van der Waals surface area (Å²) >= 11 is 0. The van der Waals surface area contributed by atoms with Crippen LogP contribution in [0, 0.1) is 0 Å². The zero-order valence-electron chi connectivity index (χ0n) is 9.78. The predicted octanol–water partition coefficient (Wildman–Crippen LogP) is 2.20. The molecule has 0 radical (unpaired) electrons. The van der Waals surface area contributed by atoms with Gasteiger partial charge in [0.25, 0.3) is 5.92 Å². The van der Waals surface area contributed by atoms with Crippen LogP contribution >= 0.6 is 0 Å². The van der Waals surface area contributed by atoms with E-state index < -0.39 is 5.92 Å². The van der Waals surface area contributed by atoms with Gasteiger partial charge in [0.15, 0.2) is 0 Å². The van der Waals surface area contributed by atoms with Gasteiger partial charge in [-0.25, -0.2) is 0 Å². The number of rotatable bonds is 4. The summed E-state index contributed by atoms with van der Waals surface area (Å²) in [6.45, 7) is 0.966. The van der Waals surface area contributed by atoms with Crippen molar-refractivity contribution < 1.29 is 8.78 Å². The van der Waals surface area contributed by atoms with Crippen molar-refractivity contribution in [2.24, 2.45) is 5.73 Å². The third-order valence-corrected chi connectivity index (χ3v) is 3.37. The van der Waals surface area contributed by atoms with Gasteiger partial charge in [-0.05, 0) is 19.4 Å². The van der Waals surface area contributed by atoms with Crippen molar-refractivity contribution in [3.8, 4) is 0 Å². The molecule has 1 fully saturated rings. The van der Waals surface area contributed by atoms with Crippen molar-refractivity contribution in [3.63, 3.8) is 0 Å². The minimum Gasteiger partial charge on any atom is -0.329 e. The molecule has 1 unspecified atom stereocenters. The summed E-state index contributed by atoms with van der Waals surface area (Å²) in [5.74, 6) is -2.79. The largest absolute Gasteiger partial charge is 0.329 e. The third kappa shape index (κ3) is 2.82. The van der Waals surface area contributed by atoms with Crippen LogP contribution in [0.3, 0.4) is 0 Å². The van der Waals surface area contributed by atoms with E-state index in [1.165, 1.54) is 12.1 Å². The number of alkyl halides is 2. The summed E-state index contributed by atoms with van der Waals surface area (Å²) in [6.07, 6.45) is 1.90. The molecule has 0 bridgehead atoms. The highest BCUT2D eigenvalue weighted by molar-refractivity contribution is 5.20. The van der Waals surface area contributed by atoms with E-state index in [2.05, 4.69) is 0 Å². The molecule has 4 heteroatoms. The van der Waals surface area contributed by atoms with Crippen LogP contribution in [0.25, 0.3) is 0 Å². The Morgan fingerprint density at radius 1 is 1.29 bits per heavy atom. The van der Waals surface area contributed by atoms with E-state index in [-0.39, 0.29) is 18.2 Å². The fraction of sp³-hybridized carbons (Fsp3) is 0.538. The Hall–Kier alpha value is -1.00. The van der Waals surface area contributed by atoms with Crippen LogP contribution in [0.5, 0.6) is 0 Å². The Bertz CT molecular complexity index is 354. The fourth-order valence-electron chi connectivity index (χ4n) is 2.40. The smallest absolute Gasteiger partial charge is 0.285 e. The Labute approximate surface area is 100 Å². The molecule has 1 heterocycles. The minimum absolute atomic E-state index is 0.0858. The number of likely N-dealkylation sites (tertiary alicyclic amines) is 1. The molecule has 0 spiro atoms. The van der Waals surface area contributed by atoms with Crippen LogP contribution in [0.1, 0.15) is 18.4 Å². The Morgan fingerprint density at radius 2 is 2.00 bits per heavy atom. The molecular formula is C13H18F2N2. The number of halogens is 2. The molecule has 1 aliphatic rings. The topological polar surface area (TPSA) is 29.3 Å². The molecule has 17 heavy (non-hydrogen) atoms. The summed E-state index contributed by atoms with van der Waals surface area (Å²) in [5.41, 5.74) is 5.68. The van der Waals surface area contributed by atoms with Gasteiger partial charge in [-0.2, -0.15) is 8.78 Å². The molecule has 1 aromatic carbocycles. The van der Waals surface area contributed by atoms with Crippen LogP contribution in [-0.2, 0) is 5.92 Å². The highest BCUT2D eigenvalue weighted by Gasteiger charge is 2.37. The van der Waals surface area contributed by atoms with Crippen LogP contribution in [-0.4, -0.2) is 30.6 Å². The zero-order valence-corrected chi connectivity index (χ0v) is 9.78. The molecule has 1 saturated heterocycles. The van der Waals surface area contributed by atoms with E-state index in [0.717, 1.165) is 19.4 Å². The van der Waals surface area contributed by atoms with E-state index >= 15 is 0 Å². The molecule has 1 aromatic rings. The van der Waals surface area contributed by atoms with Crippen LogP contribution in [0.4, 0.5) is 8.78 Å². The first-order chi connectivity index (χ1) is 8.13. The SMILES string of the molecule is NCC1CCCN1CC(F)(F)c1ccccc1. The number of hydrogen-bond acceptors (Lipinski definition) is 2. The first-order valence-electron chi connectivity index (χ1n) is 6.01. The molecule has 94 valence electrons. The summed E-state index contributed by atoms with van der Waals surface area (Å²) in [5, 5.41) is 0. The second-order valence-electron chi connectivity index (χ2n) is 4.57. The molecule has 2 N–H and O–H groups in total. The van der Waals surface area contributed by atoms with Crippen LogP contribution in [0.2, 0.25) is 0 Å². The quantitative estimate of drug-likeness (QED) is 0.874. The highest BCUT2D eigenvalue weighted by Crippen LogP contribution is 2.31. The van der Waals surface area contributed by atoms with Gasteiger partial charge in [0.1, 0.15) is 0 Å². The monoisotopic (exact) mass is 240 g/mol. The minimum atomic E-state index is -2.79. The molecule has 2 rings (SSSR count). The zero-order chi connectivity index (χ0) is 12.3. The van der Waals surface area contributed by atoms with Gasteiger partial charge in [0.2, 0.25) is 0 Å². The lowest BCUT2D eigenvalue weighted by Crippen LogP contribution is -2.41. The average molecular weight is 240 g/mol. The number of nitrogens with two attached hydrogens (primary N) is 1. The normalized spacial score (nSPS) is 21.9. The maximum Gasteiger partial charge on any atom is 0.285 e. The lowest BCUT2D eigenvalue weighted by molar-refractivity contribution is -0.0401. The number of nitrogens with zero attached hydrogens (tertiary/aromatic N) is 1. The Balaban J connectivity index is 2.07. The van der Waals surface area contributed by atoms with Crippen LogP contribution in [0.15, 0.2) is 30.3 Å². The third-order valence-electron chi connectivity index (χ3n) is 3.37. The van der Waals surface area contributed by atoms with E-state index in [9.17, 15) is 8.78 Å². The number of hydrogen-bond donors (Lipinski definition) is 1. The van der Waals surface area contributed by atoms with Gasteiger partial charge in [-0.1, -0.05) is 30.3 Å². The molecule has 0 saturated carbocycles. The van der Waals surface area contributed by atoms with Gasteiger partial charge in [0, 0.05) is 18.2 Å². The second kappa shape index (κ2) is 5.10. The average Bonchev–Trinajstić information content (AvgIpc) is 2.77. The molecule has 0 aliphatic carbocycles. The molecule has 0 amide bonds. The van der Waals surface area contributed by atoms with Crippen molar-refractivity contribution in [2.75, 3.05) is 19.6 Å². The molecule has 2 nitrogen and oxygen atoms in total. The molecular weight excluding hydrogens is 222 g/mol. The van der Waals surface area contributed by atoms with E-state index in [4.69, 9.17) is 5.73 Å². The molecule has 1 aliphatic heterocycles. The van der Waals surface area contributed by atoms with Gasteiger partial charge >= 0.3 is 0 Å². The lowest BCUT2D eigenvalue weighted by atomic mass is 10.1. The summed E-state index contributed by atoms with van der Waals surface area (Å²) in [4.78, 5) is 1.81. The maximum absolute atomic E-state index is 14.0. The lowest BCUT2D eigenvalue weighted by Gasteiger charge is -2.28. The van der Waals surface area contributed by atoms with Gasteiger partial charge in [0.05, 0.1) is 6.54 Å². The number of benzene rings is 1. The first kappa shape index (κ1) is 12.5. The maximum atomic E-state index is 14.0. The Kier molecular flexibility index (Phi) is 3.74. The van der Waals surface area contributed by atoms with Crippen molar-refractivity contribution >= 4 is 0 Å². The summed E-state index contributed by atoms with van der Waals surface area (Å²) in [6, 6.07) is 8.12. The predicted molar refractivity (Wildman–Crippen MR) is 64.0 cm³/mol. The van der Waals surface area contributed by atoms with Crippen molar-refractivity contribution in [3.05, 3.63) is 35.9 Å². The molecule has 1 atom stereocenters. The van der Waals surface area contributed by atoms with Gasteiger partial charge in [-0.15, -0.1) is 0 Å². The van der Waals surface area contributed by atoms with Crippen molar-refractivity contribution in [1.29, 1.82) is 0 Å². The summed E-state index contributed by atoms with van der Waals surface area (Å²) in [7, 11) is 0. The standard InChI is InChI=1S/C13H18F2N2/c14-13(15,11-5-2-1-3-6-11)10-17-8-4-7-12(17)9-16/h1-3,5-6,12H,4,7-10,16H2. The van der Waals surface area contributed by atoms with E-state index in [0.29, 0.717) is 6.54 Å². The van der Waals surface area contributed by atoms with Crippen molar-refractivity contribution in [2.45, 2.75) is 24.8 Å². The van der Waals surface area contributed by atoms with E-state index in [1.54, 1.807) is 18.2 Å². The van der Waals surface area contributed by atoms with Crippen LogP contribution < -0.4 is 5.73 Å². The van der Waals surface area contributed by atoms with Crippen molar-refractivity contribution in [1.82, 2.24) is 4.90 Å². The second-order valence-corrected chi connectivity index (χ2v) is 4.57. The van der Waals surface area contributed by atoms with Gasteiger partial charge in [-0.3, -0.25) is 4.90 Å². The first-order valence-corrected chi connectivity index (χ1v) is 6.01. The highest BCUT2D eigenvalue weighted by atomic mass is 19.3.